The van der Waals surface area contributed by atoms with Gasteiger partial charge in [0, 0.05) is 32.7 Å². The van der Waals surface area contributed by atoms with Gasteiger partial charge >= 0.3 is 0 Å². The molecule has 1 atom stereocenters. The first kappa shape index (κ1) is 20.2. The Kier molecular flexibility index (Phi) is 7.28. The fourth-order valence-electron chi connectivity index (χ4n) is 3.33. The molecule has 0 spiro atoms. The van der Waals surface area contributed by atoms with Gasteiger partial charge in [0.05, 0.1) is 18.8 Å². The second kappa shape index (κ2) is 10.1. The van der Waals surface area contributed by atoms with Gasteiger partial charge in [-0.15, -0.1) is 0 Å². The Labute approximate surface area is 167 Å². The van der Waals surface area contributed by atoms with Gasteiger partial charge in [-0.1, -0.05) is 30.3 Å². The van der Waals surface area contributed by atoms with Crippen LogP contribution in [0, 0.1) is 0 Å². The van der Waals surface area contributed by atoms with Crippen LogP contribution in [0.1, 0.15) is 6.92 Å². The van der Waals surface area contributed by atoms with Gasteiger partial charge in [0.15, 0.2) is 0 Å². The van der Waals surface area contributed by atoms with E-state index in [0.29, 0.717) is 18.0 Å². The summed E-state index contributed by atoms with van der Waals surface area (Å²) in [5.41, 5.74) is 0.707. The van der Waals surface area contributed by atoms with Crippen molar-refractivity contribution < 1.29 is 14.3 Å². The van der Waals surface area contributed by atoms with E-state index in [9.17, 15) is 4.79 Å². The van der Waals surface area contributed by atoms with Crippen LogP contribution >= 0.6 is 0 Å². The first-order valence-electron chi connectivity index (χ1n) is 9.75. The summed E-state index contributed by atoms with van der Waals surface area (Å²) in [7, 11) is 1.61. The minimum Gasteiger partial charge on any atom is -0.495 e. The summed E-state index contributed by atoms with van der Waals surface area (Å²) in [6, 6.07) is 17.2. The molecule has 3 rings (SSSR count). The summed E-state index contributed by atoms with van der Waals surface area (Å²) in [5, 5.41) is 2.98. The number of carbonyl (C=O) groups is 1. The Hall–Kier alpha value is -2.57. The molecule has 0 radical (unpaired) electrons. The molecule has 2 aromatic carbocycles. The Balaban J connectivity index is 1.41. The summed E-state index contributed by atoms with van der Waals surface area (Å²) in [5.74, 6) is 1.57. The lowest BCUT2D eigenvalue weighted by Crippen LogP contribution is -2.53. The smallest absolute Gasteiger partial charge is 0.241 e. The second-order valence-electron chi connectivity index (χ2n) is 6.90. The molecule has 1 heterocycles. The number of nitrogens with one attached hydrogen (secondary N) is 1. The van der Waals surface area contributed by atoms with Gasteiger partial charge in [-0.05, 0) is 31.2 Å². The van der Waals surface area contributed by atoms with Crippen molar-refractivity contribution in [1.82, 2.24) is 9.80 Å². The number of benzene rings is 2. The fourth-order valence-corrected chi connectivity index (χ4v) is 3.33. The lowest BCUT2D eigenvalue weighted by molar-refractivity contribution is -0.121. The molecule has 1 N–H and O–H groups in total. The van der Waals surface area contributed by atoms with E-state index in [1.807, 2.05) is 61.5 Å². The molecular formula is C22H29N3O3. The molecule has 0 unspecified atom stereocenters. The summed E-state index contributed by atoms with van der Waals surface area (Å²) < 4.78 is 11.1. The van der Waals surface area contributed by atoms with Crippen LogP contribution in [-0.4, -0.2) is 68.2 Å². The predicted molar refractivity (Wildman–Crippen MR) is 111 cm³/mol. The topological polar surface area (TPSA) is 54.0 Å². The minimum atomic E-state index is -0.187. The number of piperazine rings is 1. The molecule has 1 aliphatic heterocycles. The lowest BCUT2D eigenvalue weighted by atomic mass is 10.2. The number of ether oxygens (including phenoxy) is 2. The molecule has 0 aromatic heterocycles. The molecule has 0 bridgehead atoms. The van der Waals surface area contributed by atoms with Crippen molar-refractivity contribution in [2.45, 2.75) is 13.0 Å². The van der Waals surface area contributed by atoms with Crippen LogP contribution < -0.4 is 14.8 Å². The van der Waals surface area contributed by atoms with E-state index in [1.165, 1.54) is 0 Å². The summed E-state index contributed by atoms with van der Waals surface area (Å²) >= 11 is 0. The zero-order valence-electron chi connectivity index (χ0n) is 16.6. The van der Waals surface area contributed by atoms with Crippen molar-refractivity contribution in [1.29, 1.82) is 0 Å². The summed E-state index contributed by atoms with van der Waals surface area (Å²) in [4.78, 5) is 17.2. The Morgan fingerprint density at radius 2 is 1.71 bits per heavy atom. The van der Waals surface area contributed by atoms with Gasteiger partial charge in [-0.3, -0.25) is 14.6 Å². The number of hydrogen-bond donors (Lipinski definition) is 1. The van der Waals surface area contributed by atoms with E-state index in [0.717, 1.165) is 38.5 Å². The molecule has 0 saturated carbocycles. The molecule has 1 aliphatic rings. The zero-order chi connectivity index (χ0) is 19.8. The lowest BCUT2D eigenvalue weighted by Gasteiger charge is -2.37. The highest BCUT2D eigenvalue weighted by Crippen LogP contribution is 2.23. The van der Waals surface area contributed by atoms with Crippen molar-refractivity contribution in [2.75, 3.05) is 51.8 Å². The highest BCUT2D eigenvalue weighted by atomic mass is 16.5. The molecule has 6 heteroatoms. The summed E-state index contributed by atoms with van der Waals surface area (Å²) in [6.07, 6.45) is 0. The van der Waals surface area contributed by atoms with Crippen LogP contribution in [-0.2, 0) is 4.79 Å². The highest BCUT2D eigenvalue weighted by Gasteiger charge is 2.26. The van der Waals surface area contributed by atoms with E-state index in [1.54, 1.807) is 7.11 Å². The third-order valence-corrected chi connectivity index (χ3v) is 5.12. The van der Waals surface area contributed by atoms with Gasteiger partial charge in [-0.25, -0.2) is 0 Å². The average Bonchev–Trinajstić information content (AvgIpc) is 2.75. The maximum atomic E-state index is 12.6. The number of nitrogens with zero attached hydrogens (tertiary/aromatic N) is 2. The van der Waals surface area contributed by atoms with Gasteiger partial charge in [-0.2, -0.15) is 0 Å². The number of rotatable bonds is 8. The van der Waals surface area contributed by atoms with Crippen LogP contribution in [0.15, 0.2) is 54.6 Å². The molecular weight excluding hydrogens is 354 g/mol. The summed E-state index contributed by atoms with van der Waals surface area (Å²) in [6.45, 7) is 7.13. The van der Waals surface area contributed by atoms with E-state index in [-0.39, 0.29) is 11.9 Å². The normalized spacial score (nSPS) is 16.4. The molecule has 0 aliphatic carbocycles. The molecule has 2 aromatic rings. The predicted octanol–water partition coefficient (Wildman–Crippen LogP) is 2.72. The Morgan fingerprint density at radius 1 is 1.04 bits per heavy atom. The third-order valence-electron chi connectivity index (χ3n) is 5.12. The monoisotopic (exact) mass is 383 g/mol. The molecule has 1 fully saturated rings. The number of hydrogen-bond acceptors (Lipinski definition) is 5. The van der Waals surface area contributed by atoms with Gasteiger partial charge < -0.3 is 14.8 Å². The number of carbonyl (C=O) groups excluding carboxylic acids is 1. The average molecular weight is 383 g/mol. The van der Waals surface area contributed by atoms with Crippen LogP contribution in [0.2, 0.25) is 0 Å². The largest absolute Gasteiger partial charge is 0.495 e. The fraction of sp³-hybridized carbons (Fsp3) is 0.409. The van der Waals surface area contributed by atoms with Crippen molar-refractivity contribution in [2.24, 2.45) is 0 Å². The maximum absolute atomic E-state index is 12.6. The molecule has 6 nitrogen and oxygen atoms in total. The van der Waals surface area contributed by atoms with Gasteiger partial charge in [0.1, 0.15) is 18.1 Å². The van der Waals surface area contributed by atoms with Crippen LogP contribution in [0.3, 0.4) is 0 Å². The number of anilines is 1. The van der Waals surface area contributed by atoms with Crippen molar-refractivity contribution in [3.8, 4) is 11.5 Å². The SMILES string of the molecule is COc1ccccc1NC(=O)[C@@H](C)N1CCN(CCOc2ccccc2)CC1. The number of para-hydroxylation sites is 3. The van der Waals surface area contributed by atoms with E-state index in [4.69, 9.17) is 9.47 Å². The van der Waals surface area contributed by atoms with Crippen LogP contribution in [0.5, 0.6) is 11.5 Å². The van der Waals surface area contributed by atoms with Crippen molar-refractivity contribution in [3.63, 3.8) is 0 Å². The Bertz CT molecular complexity index is 746. The number of amides is 1. The maximum Gasteiger partial charge on any atom is 0.241 e. The number of methoxy groups -OCH3 is 1. The first-order valence-corrected chi connectivity index (χ1v) is 9.75. The van der Waals surface area contributed by atoms with E-state index < -0.39 is 0 Å². The second-order valence-corrected chi connectivity index (χ2v) is 6.90. The standard InChI is InChI=1S/C22H29N3O3/c1-18(22(26)23-20-10-6-7-11-21(20)27-2)25-14-12-24(13-15-25)16-17-28-19-8-4-3-5-9-19/h3-11,18H,12-17H2,1-2H3,(H,23,26)/t18-/m1/s1. The Morgan fingerprint density at radius 3 is 2.43 bits per heavy atom. The van der Waals surface area contributed by atoms with Crippen molar-refractivity contribution >= 4 is 11.6 Å². The van der Waals surface area contributed by atoms with Gasteiger partial charge in [0.25, 0.3) is 0 Å². The molecule has 1 saturated heterocycles. The van der Waals surface area contributed by atoms with Crippen LogP contribution in [0.25, 0.3) is 0 Å². The highest BCUT2D eigenvalue weighted by molar-refractivity contribution is 5.95. The van der Waals surface area contributed by atoms with Gasteiger partial charge in [0.2, 0.25) is 5.91 Å². The van der Waals surface area contributed by atoms with Crippen LogP contribution in [0.4, 0.5) is 5.69 Å². The minimum absolute atomic E-state index is 0.00893. The van der Waals surface area contributed by atoms with E-state index >= 15 is 0 Å². The molecule has 28 heavy (non-hydrogen) atoms. The third kappa shape index (κ3) is 5.47. The molecule has 1 amide bonds. The zero-order valence-corrected chi connectivity index (χ0v) is 16.6. The molecule has 150 valence electrons. The van der Waals surface area contributed by atoms with E-state index in [2.05, 4.69) is 15.1 Å². The van der Waals surface area contributed by atoms with Crippen molar-refractivity contribution in [3.05, 3.63) is 54.6 Å². The first-order chi connectivity index (χ1) is 13.7. The quantitative estimate of drug-likeness (QED) is 0.760.